The van der Waals surface area contributed by atoms with Crippen LogP contribution in [-0.2, 0) is 9.53 Å². The molecule has 2 aromatic rings. The maximum atomic E-state index is 12.2. The van der Waals surface area contributed by atoms with E-state index in [4.69, 9.17) is 42.5 Å². The van der Waals surface area contributed by atoms with Crippen LogP contribution in [0.4, 0.5) is 10.5 Å². The highest BCUT2D eigenvalue weighted by Gasteiger charge is 2.23. The van der Waals surface area contributed by atoms with E-state index in [9.17, 15) is 14.7 Å². The zero-order valence-electron chi connectivity index (χ0n) is 18.8. The van der Waals surface area contributed by atoms with E-state index in [1.54, 1.807) is 19.1 Å². The van der Waals surface area contributed by atoms with Crippen LogP contribution in [-0.4, -0.2) is 42.0 Å². The maximum Gasteiger partial charge on any atom is 0.414 e. The van der Waals surface area contributed by atoms with E-state index < -0.39 is 18.6 Å². The summed E-state index contributed by atoms with van der Waals surface area (Å²) in [5.74, 6) is -0.0416. The first-order chi connectivity index (χ1) is 16.3. The number of carbonyl (C=O) groups excluding carboxylic acids is 1. The minimum Gasteiger partial charge on any atom is -0.504 e. The van der Waals surface area contributed by atoms with Crippen molar-refractivity contribution in [2.75, 3.05) is 24.7 Å². The summed E-state index contributed by atoms with van der Waals surface area (Å²) < 4.78 is 16.6. The molecule has 3 rings (SSSR count). The van der Waals surface area contributed by atoms with Gasteiger partial charge in [-0.2, -0.15) is 0 Å². The lowest BCUT2D eigenvalue weighted by atomic mass is 9.90. The van der Waals surface area contributed by atoms with Gasteiger partial charge in [0.1, 0.15) is 12.3 Å². The van der Waals surface area contributed by atoms with E-state index in [1.165, 1.54) is 37.5 Å². The number of carboxylic acids is 1. The van der Waals surface area contributed by atoms with Gasteiger partial charge in [0.05, 0.1) is 28.9 Å². The van der Waals surface area contributed by atoms with Gasteiger partial charge in [-0.05, 0) is 49.9 Å². The van der Waals surface area contributed by atoms with Crippen LogP contribution in [0.3, 0.4) is 0 Å². The van der Waals surface area contributed by atoms with Crippen LogP contribution in [0.25, 0.3) is 0 Å². The molecule has 34 heavy (non-hydrogen) atoms. The highest BCUT2D eigenvalue weighted by atomic mass is 35.5. The number of aromatic hydroxyl groups is 1. The van der Waals surface area contributed by atoms with Crippen molar-refractivity contribution in [1.82, 2.24) is 0 Å². The summed E-state index contributed by atoms with van der Waals surface area (Å²) in [5.41, 5.74) is 0.144. The molecule has 0 bridgehead atoms. The number of phenolic OH excluding ortho intramolecular Hbond substituents is 1. The van der Waals surface area contributed by atoms with Crippen LogP contribution in [0.2, 0.25) is 10.0 Å². The quantitative estimate of drug-likeness (QED) is 0.395. The molecule has 0 spiro atoms. The fraction of sp³-hybridized carbons (Fsp3) is 0.417. The lowest BCUT2D eigenvalue weighted by molar-refractivity contribution is -0.135. The summed E-state index contributed by atoms with van der Waals surface area (Å²) in [6, 6.07) is 7.27. The number of nitrogens with zero attached hydrogens (tertiary/aromatic N) is 1. The second-order valence-corrected chi connectivity index (χ2v) is 8.78. The second kappa shape index (κ2) is 12.0. The van der Waals surface area contributed by atoms with Crippen LogP contribution in [0.1, 0.15) is 39.0 Å². The third-order valence-corrected chi connectivity index (χ3v) is 5.99. The van der Waals surface area contributed by atoms with Gasteiger partial charge in [0, 0.05) is 6.07 Å². The first-order valence-electron chi connectivity index (χ1n) is 11.1. The van der Waals surface area contributed by atoms with Gasteiger partial charge in [-0.25, -0.2) is 4.79 Å². The number of amides is 1. The Morgan fingerprint density at radius 1 is 1.09 bits per heavy atom. The fourth-order valence-electron chi connectivity index (χ4n) is 3.75. The maximum absolute atomic E-state index is 12.2. The van der Waals surface area contributed by atoms with Crippen molar-refractivity contribution in [3.05, 3.63) is 40.4 Å². The minimum absolute atomic E-state index is 0.00514. The summed E-state index contributed by atoms with van der Waals surface area (Å²) in [7, 11) is 0. The number of aliphatic carboxylic acids is 1. The molecular weight excluding hydrogens is 485 g/mol. The number of ether oxygens (including phenoxy) is 3. The molecule has 8 nitrogen and oxygen atoms in total. The lowest BCUT2D eigenvalue weighted by Crippen LogP contribution is -2.36. The third-order valence-electron chi connectivity index (χ3n) is 5.43. The van der Waals surface area contributed by atoms with Gasteiger partial charge in [-0.1, -0.05) is 42.5 Å². The molecule has 1 fully saturated rings. The molecule has 2 N–H and O–H groups in total. The Hall–Kier alpha value is -2.84. The number of rotatable bonds is 9. The van der Waals surface area contributed by atoms with E-state index in [2.05, 4.69) is 0 Å². The Morgan fingerprint density at radius 2 is 1.76 bits per heavy atom. The molecule has 0 aliphatic heterocycles. The normalized spacial score (nSPS) is 13.9. The zero-order chi connectivity index (χ0) is 24.7. The Labute approximate surface area is 207 Å². The van der Waals surface area contributed by atoms with Crippen molar-refractivity contribution >= 4 is 41.0 Å². The van der Waals surface area contributed by atoms with Crippen molar-refractivity contribution in [2.24, 2.45) is 5.92 Å². The van der Waals surface area contributed by atoms with Crippen LogP contribution in [0.15, 0.2) is 30.3 Å². The Balaban J connectivity index is 1.78. The monoisotopic (exact) mass is 511 g/mol. The molecule has 0 heterocycles. The number of carboxylic acid groups (broad SMARTS) is 1. The van der Waals surface area contributed by atoms with Crippen molar-refractivity contribution in [2.45, 2.75) is 39.0 Å². The lowest BCUT2D eigenvalue weighted by Gasteiger charge is -2.22. The topological polar surface area (TPSA) is 106 Å². The average molecular weight is 512 g/mol. The predicted molar refractivity (Wildman–Crippen MR) is 129 cm³/mol. The Kier molecular flexibility index (Phi) is 9.12. The van der Waals surface area contributed by atoms with E-state index >= 15 is 0 Å². The van der Waals surface area contributed by atoms with Gasteiger partial charge >= 0.3 is 12.1 Å². The molecule has 1 aliphatic rings. The zero-order valence-corrected chi connectivity index (χ0v) is 20.3. The van der Waals surface area contributed by atoms with Gasteiger partial charge in [-0.15, -0.1) is 0 Å². The number of benzene rings is 2. The number of halogens is 2. The van der Waals surface area contributed by atoms with Crippen LogP contribution < -0.4 is 14.4 Å². The van der Waals surface area contributed by atoms with Gasteiger partial charge in [-0.3, -0.25) is 9.69 Å². The number of hydrogen-bond donors (Lipinski definition) is 2. The van der Waals surface area contributed by atoms with Crippen molar-refractivity contribution in [3.63, 3.8) is 0 Å². The summed E-state index contributed by atoms with van der Waals surface area (Å²) in [5, 5.41) is 19.4. The Morgan fingerprint density at radius 3 is 2.38 bits per heavy atom. The van der Waals surface area contributed by atoms with E-state index in [1.807, 2.05) is 0 Å². The molecule has 1 saturated carbocycles. The molecule has 0 atom stereocenters. The van der Waals surface area contributed by atoms with E-state index in [0.717, 1.165) is 17.7 Å². The smallest absolute Gasteiger partial charge is 0.414 e. The van der Waals surface area contributed by atoms with Crippen molar-refractivity contribution < 1.29 is 34.0 Å². The second-order valence-electron chi connectivity index (χ2n) is 7.96. The van der Waals surface area contributed by atoms with Gasteiger partial charge in [0.2, 0.25) is 0 Å². The minimum atomic E-state index is -1.23. The molecule has 0 radical (unpaired) electrons. The number of anilines is 1. The first-order valence-corrected chi connectivity index (χ1v) is 11.8. The largest absolute Gasteiger partial charge is 0.504 e. The standard InChI is InChI=1S/C24H27Cl2NO7/c1-2-32-24(31)27(13-22(29)30)16-10-18(25)23(19(26)11-16)34-17-8-9-20(28)21(12-17)33-14-15-6-4-3-5-7-15/h8-12,15,28H,2-7,13-14H2,1H3,(H,29,30). The molecule has 10 heteroatoms. The van der Waals surface area contributed by atoms with Crippen molar-refractivity contribution in [1.29, 1.82) is 0 Å². The first kappa shape index (κ1) is 25.8. The fourth-order valence-corrected chi connectivity index (χ4v) is 4.30. The van der Waals surface area contributed by atoms with Crippen LogP contribution in [0, 0.1) is 5.92 Å². The van der Waals surface area contributed by atoms with Crippen LogP contribution >= 0.6 is 23.2 Å². The predicted octanol–water partition coefficient (Wildman–Crippen LogP) is 6.50. The van der Waals surface area contributed by atoms with E-state index in [0.29, 0.717) is 24.0 Å². The molecule has 0 aromatic heterocycles. The number of hydrogen-bond acceptors (Lipinski definition) is 6. The Bertz CT molecular complexity index is 1000. The molecule has 184 valence electrons. The summed E-state index contributed by atoms with van der Waals surface area (Å²) in [6.07, 6.45) is 5.01. The molecule has 2 aromatic carbocycles. The highest BCUT2D eigenvalue weighted by Crippen LogP contribution is 2.41. The molecule has 1 amide bonds. The van der Waals surface area contributed by atoms with E-state index in [-0.39, 0.29) is 33.8 Å². The molecule has 0 saturated heterocycles. The number of phenols is 1. The number of carbonyl (C=O) groups is 2. The molecular formula is C24H27Cl2NO7. The summed E-state index contributed by atoms with van der Waals surface area (Å²) in [4.78, 5) is 24.3. The van der Waals surface area contributed by atoms with Gasteiger partial charge in [0.25, 0.3) is 0 Å². The van der Waals surface area contributed by atoms with Gasteiger partial charge in [0.15, 0.2) is 17.2 Å². The van der Waals surface area contributed by atoms with Crippen LogP contribution in [0.5, 0.6) is 23.0 Å². The average Bonchev–Trinajstić information content (AvgIpc) is 2.80. The summed E-state index contributed by atoms with van der Waals surface area (Å²) >= 11 is 12.7. The molecule has 0 unspecified atom stereocenters. The molecule has 1 aliphatic carbocycles. The SMILES string of the molecule is CCOC(=O)N(CC(=O)O)c1cc(Cl)c(Oc2ccc(O)c(OCC3CCCCC3)c2)c(Cl)c1. The van der Waals surface area contributed by atoms with Gasteiger partial charge < -0.3 is 24.4 Å². The summed E-state index contributed by atoms with van der Waals surface area (Å²) in [6.45, 7) is 1.56. The van der Waals surface area contributed by atoms with Crippen molar-refractivity contribution in [3.8, 4) is 23.0 Å². The third kappa shape index (κ3) is 6.84. The highest BCUT2D eigenvalue weighted by molar-refractivity contribution is 6.37.